The highest BCUT2D eigenvalue weighted by molar-refractivity contribution is 5.76. The van der Waals surface area contributed by atoms with Gasteiger partial charge in [0.05, 0.1) is 0 Å². The molecule has 0 aliphatic heterocycles. The number of halogens is 21. The molecule has 0 amide bonds. The molecule has 0 bridgehead atoms. The summed E-state index contributed by atoms with van der Waals surface area (Å²) in [5.74, 6) is -33.1. The van der Waals surface area contributed by atoms with Gasteiger partial charge in [0.15, 0.2) is 0 Å². The van der Waals surface area contributed by atoms with Gasteiger partial charge in [0, 0.05) is 0 Å². The van der Waals surface area contributed by atoms with Crippen molar-refractivity contribution in [2.24, 2.45) is 0 Å². The van der Waals surface area contributed by atoms with Crippen LogP contribution in [0.2, 0.25) is 0 Å². The molecule has 0 saturated heterocycles. The van der Waals surface area contributed by atoms with Gasteiger partial charge in [0.25, 0.3) is 5.83 Å². The van der Waals surface area contributed by atoms with E-state index in [4.69, 9.17) is 5.11 Å². The van der Waals surface area contributed by atoms with E-state index in [9.17, 15) is 97.0 Å². The molecule has 0 aromatic carbocycles. The Labute approximate surface area is 196 Å². The van der Waals surface area contributed by atoms with Crippen molar-refractivity contribution in [1.29, 1.82) is 0 Å². The zero-order valence-corrected chi connectivity index (χ0v) is 16.7. The SMILES string of the molecule is N.O=C(O)C(F)(OC(F)(F)C(F)(OC(F)(F)C(F)(OC(F)(F)C(F)=C(F)F)C(F)(F)F)C(F)(F)F)C(F)(F)F. The number of carboxylic acids is 1. The lowest BCUT2D eigenvalue weighted by Crippen LogP contribution is -2.69. The predicted molar refractivity (Wildman–Crippen MR) is 70.8 cm³/mol. The van der Waals surface area contributed by atoms with Crippen LogP contribution in [0.4, 0.5) is 92.2 Å². The maximum absolute atomic E-state index is 14.0. The molecular weight excluding hydrogens is 637 g/mol. The molecule has 0 rings (SSSR count). The van der Waals surface area contributed by atoms with Crippen LogP contribution in [-0.4, -0.2) is 65.5 Å². The average Bonchev–Trinajstić information content (AvgIpc) is 2.62. The molecule has 4 N–H and O–H groups in total. The molecule has 0 radical (unpaired) electrons. The number of alkyl halides is 18. The summed E-state index contributed by atoms with van der Waals surface area (Å²) in [4.78, 5) is 10.2. The number of carboxylic acid groups (broad SMARTS) is 1. The Morgan fingerprint density at radius 1 is 0.513 bits per heavy atom. The predicted octanol–water partition coefficient (Wildman–Crippen LogP) is 6.82. The van der Waals surface area contributed by atoms with Crippen molar-refractivity contribution in [3.8, 4) is 0 Å². The zero-order valence-electron chi connectivity index (χ0n) is 16.7. The maximum Gasteiger partial charge on any atom is 0.460 e. The van der Waals surface area contributed by atoms with Gasteiger partial charge in [-0.3, -0.25) is 14.2 Å². The van der Waals surface area contributed by atoms with Gasteiger partial charge in [-0.1, -0.05) is 0 Å². The number of rotatable bonds is 10. The Morgan fingerprint density at radius 3 is 1.08 bits per heavy atom. The molecule has 0 fully saturated rings. The molecule has 0 saturated carbocycles. The summed E-state index contributed by atoms with van der Waals surface area (Å²) in [6.45, 7) is 0. The minimum atomic E-state index is -8.47. The highest BCUT2D eigenvalue weighted by Gasteiger charge is 2.86. The minimum absolute atomic E-state index is 0. The zero-order chi connectivity index (χ0) is 31.4. The highest BCUT2D eigenvalue weighted by atomic mass is 19.4. The molecule has 3 unspecified atom stereocenters. The fourth-order valence-electron chi connectivity index (χ4n) is 1.60. The first-order valence-electron chi connectivity index (χ1n) is 7.62. The van der Waals surface area contributed by atoms with Crippen molar-refractivity contribution < 1.29 is 116 Å². The summed E-state index contributed by atoms with van der Waals surface area (Å²) in [6, 6.07) is 0. The van der Waals surface area contributed by atoms with Gasteiger partial charge in [0.2, 0.25) is 0 Å². The van der Waals surface area contributed by atoms with Gasteiger partial charge < -0.3 is 11.3 Å². The first kappa shape index (κ1) is 38.7. The van der Waals surface area contributed by atoms with Crippen LogP contribution in [0.15, 0.2) is 11.9 Å². The number of hydrogen-bond acceptors (Lipinski definition) is 5. The fourth-order valence-corrected chi connectivity index (χ4v) is 1.60. The molecule has 0 spiro atoms. The Kier molecular flexibility index (Phi) is 10.5. The number of aliphatic carboxylic acids is 1. The minimum Gasteiger partial charge on any atom is -0.477 e. The smallest absolute Gasteiger partial charge is 0.460 e. The van der Waals surface area contributed by atoms with E-state index in [-0.39, 0.29) is 6.15 Å². The topological polar surface area (TPSA) is 100.0 Å². The second kappa shape index (κ2) is 10.5. The summed E-state index contributed by atoms with van der Waals surface area (Å²) >= 11 is 0. The molecule has 0 aromatic rings. The van der Waals surface area contributed by atoms with Gasteiger partial charge in [-0.15, -0.1) is 0 Å². The van der Waals surface area contributed by atoms with E-state index in [1.54, 1.807) is 0 Å². The lowest BCUT2D eigenvalue weighted by Gasteiger charge is -2.41. The van der Waals surface area contributed by atoms with E-state index < -0.39 is 72.3 Å². The van der Waals surface area contributed by atoms with Crippen molar-refractivity contribution >= 4 is 5.97 Å². The van der Waals surface area contributed by atoms with E-state index in [1.165, 1.54) is 9.47 Å². The van der Waals surface area contributed by atoms with E-state index >= 15 is 0 Å². The van der Waals surface area contributed by atoms with E-state index in [0.29, 0.717) is 0 Å². The van der Waals surface area contributed by atoms with Crippen LogP contribution in [0.3, 0.4) is 0 Å². The number of ether oxygens (including phenoxy) is 3. The lowest BCUT2D eigenvalue weighted by molar-refractivity contribution is -0.567. The molecular formula is C12H4F21NO5. The second-order valence-electron chi connectivity index (χ2n) is 6.02. The molecule has 39 heavy (non-hydrogen) atoms. The summed E-state index contributed by atoms with van der Waals surface area (Å²) in [7, 11) is 0. The van der Waals surface area contributed by atoms with Crippen LogP contribution in [0.25, 0.3) is 0 Å². The van der Waals surface area contributed by atoms with Crippen molar-refractivity contribution in [3.63, 3.8) is 0 Å². The standard InChI is InChI=1S/C12HF21O5.H3N/c13-1(2(14)15)5(17,18)37-6(19,9(24,25)26)12(32,33)38-7(20,10(27,28)29)11(30,31)36-4(16,3(34)35)8(21,22)23;/h(H,34,35);1H3. The van der Waals surface area contributed by atoms with Crippen molar-refractivity contribution in [1.82, 2.24) is 6.15 Å². The molecule has 0 aromatic heterocycles. The van der Waals surface area contributed by atoms with E-state index in [2.05, 4.69) is 0 Å². The maximum atomic E-state index is 14.0. The van der Waals surface area contributed by atoms with Gasteiger partial charge in [0.1, 0.15) is 0 Å². The summed E-state index contributed by atoms with van der Waals surface area (Å²) in [5.41, 5.74) is 0. The molecule has 6 nitrogen and oxygen atoms in total. The molecule has 3 atom stereocenters. The monoisotopic (exact) mass is 641 g/mol. The van der Waals surface area contributed by atoms with Crippen molar-refractivity contribution in [2.75, 3.05) is 0 Å². The Hall–Kier alpha value is -2.42. The first-order valence-corrected chi connectivity index (χ1v) is 7.62. The van der Waals surface area contributed by atoms with E-state index in [0.717, 1.165) is 4.74 Å². The molecule has 0 aliphatic carbocycles. The van der Waals surface area contributed by atoms with Crippen LogP contribution >= 0.6 is 0 Å². The normalized spacial score (nSPS) is 18.8. The fraction of sp³-hybridized carbons (Fsp3) is 0.750. The van der Waals surface area contributed by atoms with Crippen LogP contribution in [0.5, 0.6) is 0 Å². The Bertz CT molecular complexity index is 922. The van der Waals surface area contributed by atoms with Crippen LogP contribution in [0, 0.1) is 0 Å². The van der Waals surface area contributed by atoms with Crippen LogP contribution < -0.4 is 6.15 Å². The molecule has 234 valence electrons. The highest BCUT2D eigenvalue weighted by Crippen LogP contribution is 2.57. The molecule has 0 aliphatic rings. The number of carbonyl (C=O) groups is 1. The second-order valence-corrected chi connectivity index (χ2v) is 6.02. The quantitative estimate of drug-likeness (QED) is 0.254. The third-order valence-corrected chi connectivity index (χ3v) is 3.35. The van der Waals surface area contributed by atoms with Gasteiger partial charge in [-0.25, -0.2) is 4.79 Å². The Morgan fingerprint density at radius 2 is 0.821 bits per heavy atom. The lowest BCUT2D eigenvalue weighted by atomic mass is 10.2. The summed E-state index contributed by atoms with van der Waals surface area (Å²) < 4.78 is 275. The molecule has 0 heterocycles. The van der Waals surface area contributed by atoms with Gasteiger partial charge in [-0.05, 0) is 0 Å². The average molecular weight is 641 g/mol. The van der Waals surface area contributed by atoms with Crippen LogP contribution in [-0.2, 0) is 19.0 Å². The third-order valence-electron chi connectivity index (χ3n) is 3.35. The van der Waals surface area contributed by atoms with Gasteiger partial charge >= 0.3 is 66.5 Å². The number of hydrogen-bond donors (Lipinski definition) is 2. The first-order chi connectivity index (χ1) is 16.2. The van der Waals surface area contributed by atoms with E-state index in [1.807, 2.05) is 0 Å². The Balaban J connectivity index is 0. The van der Waals surface area contributed by atoms with Crippen LogP contribution in [0.1, 0.15) is 0 Å². The molecule has 27 heteroatoms. The third kappa shape index (κ3) is 6.84. The summed E-state index contributed by atoms with van der Waals surface area (Å²) in [6.07, 6.45) is -52.5. The van der Waals surface area contributed by atoms with Gasteiger partial charge in [-0.2, -0.15) is 92.2 Å². The largest absolute Gasteiger partial charge is 0.477 e. The van der Waals surface area contributed by atoms with Crippen molar-refractivity contribution in [3.05, 3.63) is 11.9 Å². The summed E-state index contributed by atoms with van der Waals surface area (Å²) in [5, 5.41) is 7.93. The van der Waals surface area contributed by atoms with Crippen molar-refractivity contribution in [2.45, 2.75) is 54.4 Å².